The Balaban J connectivity index is 2.27. The highest BCUT2D eigenvalue weighted by Gasteiger charge is 2.12. The summed E-state index contributed by atoms with van der Waals surface area (Å²) in [7, 11) is 0. The zero-order chi connectivity index (χ0) is 8.10. The summed E-state index contributed by atoms with van der Waals surface area (Å²) in [6.45, 7) is 1.83. The molecule has 0 aliphatic carbocycles. The van der Waals surface area contributed by atoms with Crippen LogP contribution in [0, 0.1) is 5.41 Å². The second-order valence-electron chi connectivity index (χ2n) is 2.95. The minimum Gasteiger partial charge on any atom is -0.360 e. The van der Waals surface area contributed by atoms with Crippen LogP contribution in [0.15, 0.2) is 0 Å². The molecule has 1 radical (unpaired) electrons. The lowest BCUT2D eigenvalue weighted by Gasteiger charge is -2.28. The number of hydrogen-bond acceptors (Lipinski definition) is 1. The molecule has 1 fully saturated rings. The Bertz CT molecular complexity index is 130. The van der Waals surface area contributed by atoms with Gasteiger partial charge in [-0.25, -0.2) is 5.11 Å². The number of nitrogens with one attached hydrogen (secondary N) is 1. The zero-order valence-electron chi connectivity index (χ0n) is 6.81. The lowest BCUT2D eigenvalue weighted by Crippen LogP contribution is -2.35. The first-order valence-electron chi connectivity index (χ1n) is 4.25. The lowest BCUT2D eigenvalue weighted by atomic mass is 10.1. The maximum absolute atomic E-state index is 10.2. The normalized spacial score (nSPS) is 18.5. The van der Waals surface area contributed by atoms with E-state index in [9.17, 15) is 5.11 Å². The third-order valence-electron chi connectivity index (χ3n) is 2.08. The molecule has 0 bridgehead atoms. The predicted molar refractivity (Wildman–Crippen MR) is 43.3 cm³/mol. The van der Waals surface area contributed by atoms with E-state index in [1.54, 1.807) is 0 Å². The van der Waals surface area contributed by atoms with Crippen molar-refractivity contribution in [1.82, 2.24) is 4.90 Å². The summed E-state index contributed by atoms with van der Waals surface area (Å²) in [5.41, 5.74) is 0. The summed E-state index contributed by atoms with van der Waals surface area (Å²) in [4.78, 5) is 2.03. The molecular formula is C8H15N2O. The molecule has 11 heavy (non-hydrogen) atoms. The van der Waals surface area contributed by atoms with Gasteiger partial charge in [-0.05, 0) is 19.3 Å². The summed E-state index contributed by atoms with van der Waals surface area (Å²) in [6.07, 6.45) is 4.05. The molecule has 1 saturated heterocycles. The van der Waals surface area contributed by atoms with Crippen molar-refractivity contribution in [3.8, 4) is 0 Å². The van der Waals surface area contributed by atoms with Crippen LogP contribution < -0.4 is 0 Å². The van der Waals surface area contributed by atoms with E-state index >= 15 is 0 Å². The Morgan fingerprint density at radius 1 is 1.27 bits per heavy atom. The van der Waals surface area contributed by atoms with Gasteiger partial charge in [0.05, 0.1) is 12.4 Å². The second kappa shape index (κ2) is 4.34. The van der Waals surface area contributed by atoms with Crippen LogP contribution in [0.25, 0.3) is 0 Å². The molecule has 0 saturated carbocycles. The van der Waals surface area contributed by atoms with Gasteiger partial charge in [-0.15, -0.1) is 0 Å². The van der Waals surface area contributed by atoms with Gasteiger partial charge in [0.25, 0.3) is 0 Å². The molecule has 1 rings (SSSR count). The summed E-state index contributed by atoms with van der Waals surface area (Å²) >= 11 is 0. The van der Waals surface area contributed by atoms with Gasteiger partial charge in [0.1, 0.15) is 0 Å². The van der Waals surface area contributed by atoms with Crippen molar-refractivity contribution in [2.24, 2.45) is 0 Å². The zero-order valence-corrected chi connectivity index (χ0v) is 6.81. The van der Waals surface area contributed by atoms with E-state index in [-0.39, 0.29) is 6.61 Å². The molecule has 1 heterocycles. The Hall–Kier alpha value is -0.570. The van der Waals surface area contributed by atoms with Gasteiger partial charge in [-0.3, -0.25) is 5.41 Å². The Kier molecular flexibility index (Phi) is 3.36. The monoisotopic (exact) mass is 155 g/mol. The first-order valence-corrected chi connectivity index (χ1v) is 4.25. The van der Waals surface area contributed by atoms with Crippen molar-refractivity contribution < 1.29 is 5.11 Å². The summed E-state index contributed by atoms with van der Waals surface area (Å²) < 4.78 is 0. The average molecular weight is 155 g/mol. The minimum absolute atomic E-state index is 0.144. The van der Waals surface area contributed by atoms with E-state index in [4.69, 9.17) is 5.41 Å². The second-order valence-corrected chi connectivity index (χ2v) is 2.95. The number of nitrogens with zero attached hydrogens (tertiary/aromatic N) is 1. The number of amidine groups is 1. The summed E-state index contributed by atoms with van der Waals surface area (Å²) in [6, 6.07) is 0. The van der Waals surface area contributed by atoms with Crippen LogP contribution in [0.5, 0.6) is 0 Å². The van der Waals surface area contributed by atoms with Gasteiger partial charge in [-0.2, -0.15) is 0 Å². The summed E-state index contributed by atoms with van der Waals surface area (Å²) in [5, 5.41) is 17.7. The van der Waals surface area contributed by atoms with Crippen LogP contribution in [0.4, 0.5) is 0 Å². The lowest BCUT2D eigenvalue weighted by molar-refractivity contribution is 0.197. The van der Waals surface area contributed by atoms with Crippen molar-refractivity contribution >= 4 is 5.84 Å². The molecule has 0 atom stereocenters. The van der Waals surface area contributed by atoms with E-state index in [0.29, 0.717) is 12.3 Å². The van der Waals surface area contributed by atoms with Gasteiger partial charge in [0.15, 0.2) is 0 Å². The van der Waals surface area contributed by atoms with Crippen LogP contribution in [-0.2, 0) is 5.11 Å². The molecule has 3 heteroatoms. The fourth-order valence-electron chi connectivity index (χ4n) is 1.42. The maximum Gasteiger partial charge on any atom is 0.0982 e. The van der Waals surface area contributed by atoms with Crippen molar-refractivity contribution in [2.75, 3.05) is 19.7 Å². The molecule has 1 N–H and O–H groups in total. The third kappa shape index (κ3) is 2.50. The smallest absolute Gasteiger partial charge is 0.0982 e. The van der Waals surface area contributed by atoms with Crippen LogP contribution in [-0.4, -0.2) is 30.4 Å². The van der Waals surface area contributed by atoms with Crippen LogP contribution in [0.1, 0.15) is 25.7 Å². The molecule has 0 aromatic rings. The predicted octanol–water partition coefficient (Wildman–Crippen LogP) is 1.27. The molecule has 0 spiro atoms. The SMILES string of the molecule is N=C(CC[O])N1CCCCC1. The molecular weight excluding hydrogens is 140 g/mol. The molecule has 0 aromatic heterocycles. The Labute approximate surface area is 67.5 Å². The molecule has 3 nitrogen and oxygen atoms in total. The van der Waals surface area contributed by atoms with Crippen LogP contribution >= 0.6 is 0 Å². The Morgan fingerprint density at radius 2 is 1.91 bits per heavy atom. The molecule has 1 aliphatic heterocycles. The Morgan fingerprint density at radius 3 is 2.45 bits per heavy atom. The molecule has 0 aromatic carbocycles. The van der Waals surface area contributed by atoms with E-state index in [1.165, 1.54) is 19.3 Å². The number of hydrogen-bond donors (Lipinski definition) is 1. The van der Waals surface area contributed by atoms with Gasteiger partial charge in [0, 0.05) is 19.5 Å². The quantitative estimate of drug-likeness (QED) is 0.473. The number of rotatable bonds is 2. The molecule has 0 amide bonds. The van der Waals surface area contributed by atoms with Crippen molar-refractivity contribution in [3.63, 3.8) is 0 Å². The number of piperidine rings is 1. The first kappa shape index (κ1) is 8.53. The maximum atomic E-state index is 10.2. The topological polar surface area (TPSA) is 47.0 Å². The summed E-state index contributed by atoms with van der Waals surface area (Å²) in [5.74, 6) is 0.541. The highest BCUT2D eigenvalue weighted by Crippen LogP contribution is 2.09. The van der Waals surface area contributed by atoms with Gasteiger partial charge >= 0.3 is 0 Å². The van der Waals surface area contributed by atoms with Crippen molar-refractivity contribution in [3.05, 3.63) is 0 Å². The number of likely N-dealkylation sites (tertiary alicyclic amines) is 1. The van der Waals surface area contributed by atoms with E-state index in [0.717, 1.165) is 13.1 Å². The standard InChI is InChI=1S/C8H15N2O/c9-8(4-7-11)10-5-2-1-3-6-10/h9H,1-7H2. The molecule has 63 valence electrons. The van der Waals surface area contributed by atoms with Gasteiger partial charge in [-0.1, -0.05) is 0 Å². The van der Waals surface area contributed by atoms with Crippen LogP contribution in [0.2, 0.25) is 0 Å². The van der Waals surface area contributed by atoms with E-state index in [1.807, 2.05) is 4.90 Å². The third-order valence-corrected chi connectivity index (χ3v) is 2.08. The minimum atomic E-state index is -0.144. The highest BCUT2D eigenvalue weighted by molar-refractivity contribution is 5.79. The highest BCUT2D eigenvalue weighted by atomic mass is 16.3. The fraction of sp³-hybridized carbons (Fsp3) is 0.875. The first-order chi connectivity index (χ1) is 5.34. The van der Waals surface area contributed by atoms with Crippen molar-refractivity contribution in [1.29, 1.82) is 5.41 Å². The van der Waals surface area contributed by atoms with E-state index < -0.39 is 0 Å². The largest absolute Gasteiger partial charge is 0.360 e. The van der Waals surface area contributed by atoms with Crippen molar-refractivity contribution in [2.45, 2.75) is 25.7 Å². The fourth-order valence-corrected chi connectivity index (χ4v) is 1.42. The molecule has 0 unspecified atom stereocenters. The van der Waals surface area contributed by atoms with Gasteiger partial charge < -0.3 is 4.90 Å². The van der Waals surface area contributed by atoms with E-state index in [2.05, 4.69) is 0 Å². The van der Waals surface area contributed by atoms with Gasteiger partial charge in [0.2, 0.25) is 0 Å². The van der Waals surface area contributed by atoms with Crippen LogP contribution in [0.3, 0.4) is 0 Å². The molecule has 1 aliphatic rings. The average Bonchev–Trinajstić information content (AvgIpc) is 2.07.